The van der Waals surface area contributed by atoms with Crippen LogP contribution in [0.25, 0.3) is 11.1 Å². The normalized spacial score (nSPS) is 10.1. The lowest BCUT2D eigenvalue weighted by Gasteiger charge is -2.12. The van der Waals surface area contributed by atoms with Crippen LogP contribution >= 0.6 is 11.6 Å². The summed E-state index contributed by atoms with van der Waals surface area (Å²) in [4.78, 5) is 0. The van der Waals surface area contributed by atoms with Crippen molar-refractivity contribution >= 4 is 19.3 Å². The zero-order valence-corrected chi connectivity index (χ0v) is 10.9. The van der Waals surface area contributed by atoms with Gasteiger partial charge in [-0.25, -0.2) is 4.39 Å². The molecule has 0 unspecified atom stereocenters. The topological polar surface area (TPSA) is 38.7 Å². The van der Waals surface area contributed by atoms with Crippen molar-refractivity contribution in [2.75, 3.05) is 7.11 Å². The van der Waals surface area contributed by atoms with Crippen molar-refractivity contribution < 1.29 is 18.8 Å². The maximum Gasteiger partial charge on any atom is 0.504 e. The molecule has 0 saturated carbocycles. The minimum Gasteiger partial charge on any atom is -0.536 e. The summed E-state index contributed by atoms with van der Waals surface area (Å²) in [7, 11) is 0.894. The highest BCUT2D eigenvalue weighted by Gasteiger charge is 2.13. The van der Waals surface area contributed by atoms with Crippen LogP contribution in [0.3, 0.4) is 0 Å². The van der Waals surface area contributed by atoms with E-state index < -0.39 is 13.5 Å². The highest BCUT2D eigenvalue weighted by atomic mass is 35.5. The Hall–Kier alpha value is -1.72. The number of hydrogen-bond donors (Lipinski definition) is 1. The van der Waals surface area contributed by atoms with Gasteiger partial charge >= 0.3 is 7.69 Å². The summed E-state index contributed by atoms with van der Waals surface area (Å²) in [6, 6.07) is 9.53. The molecule has 0 radical (unpaired) electrons. The first-order valence-electron chi connectivity index (χ1n) is 5.53. The molecule has 1 N–H and O–H groups in total. The van der Waals surface area contributed by atoms with Gasteiger partial charge in [-0.3, -0.25) is 0 Å². The molecule has 0 aromatic heterocycles. The van der Waals surface area contributed by atoms with Gasteiger partial charge in [0.05, 0.1) is 7.11 Å². The molecule has 3 nitrogen and oxygen atoms in total. The molecule has 2 aromatic carbocycles. The highest BCUT2D eigenvalue weighted by Crippen LogP contribution is 2.35. The largest absolute Gasteiger partial charge is 0.536 e. The zero-order chi connectivity index (χ0) is 13.8. The van der Waals surface area contributed by atoms with Crippen LogP contribution in [0.5, 0.6) is 11.5 Å². The van der Waals surface area contributed by atoms with Crippen LogP contribution in [-0.4, -0.2) is 19.8 Å². The Morgan fingerprint density at radius 2 is 2.00 bits per heavy atom. The van der Waals surface area contributed by atoms with Gasteiger partial charge in [0.25, 0.3) is 0 Å². The van der Waals surface area contributed by atoms with Crippen LogP contribution in [0.1, 0.15) is 0 Å². The third-order valence-corrected chi connectivity index (χ3v) is 2.84. The van der Waals surface area contributed by atoms with Crippen LogP contribution in [0.15, 0.2) is 36.4 Å². The predicted molar refractivity (Wildman–Crippen MR) is 73.4 cm³/mol. The fourth-order valence-corrected chi connectivity index (χ4v) is 1.94. The Morgan fingerprint density at radius 1 is 1.21 bits per heavy atom. The first-order valence-corrected chi connectivity index (χ1v) is 5.90. The summed E-state index contributed by atoms with van der Waals surface area (Å²) >= 11 is 5.89. The fourth-order valence-electron chi connectivity index (χ4n) is 1.75. The molecule has 0 aliphatic heterocycles. The molecular formula is C13H11BClFO3. The molecule has 0 aliphatic carbocycles. The van der Waals surface area contributed by atoms with E-state index in [1.165, 1.54) is 19.2 Å². The predicted octanol–water partition coefficient (Wildman–Crippen LogP) is 2.79. The average molecular weight is 280 g/mol. The van der Waals surface area contributed by atoms with Crippen LogP contribution in [0, 0.1) is 5.82 Å². The minimum absolute atomic E-state index is 0.147. The maximum absolute atomic E-state index is 14.0. The van der Waals surface area contributed by atoms with Gasteiger partial charge in [-0.2, -0.15) is 0 Å². The SMILES string of the molecule is COc1cc(-c2cccc(Cl)c2)c(F)cc1OBO. The van der Waals surface area contributed by atoms with E-state index in [2.05, 4.69) is 0 Å². The first-order chi connectivity index (χ1) is 9.15. The van der Waals surface area contributed by atoms with Crippen molar-refractivity contribution in [3.8, 4) is 22.6 Å². The number of rotatable bonds is 4. The van der Waals surface area contributed by atoms with Crippen molar-refractivity contribution in [3.63, 3.8) is 0 Å². The van der Waals surface area contributed by atoms with Gasteiger partial charge in [0.15, 0.2) is 5.75 Å². The van der Waals surface area contributed by atoms with Gasteiger partial charge in [-0.05, 0) is 23.8 Å². The molecule has 0 amide bonds. The van der Waals surface area contributed by atoms with Crippen LogP contribution in [0.2, 0.25) is 5.02 Å². The van der Waals surface area contributed by atoms with Crippen molar-refractivity contribution in [3.05, 3.63) is 47.2 Å². The van der Waals surface area contributed by atoms with E-state index in [0.29, 0.717) is 21.9 Å². The van der Waals surface area contributed by atoms with Crippen molar-refractivity contribution in [2.45, 2.75) is 0 Å². The van der Waals surface area contributed by atoms with E-state index in [-0.39, 0.29) is 5.75 Å². The Morgan fingerprint density at radius 3 is 2.63 bits per heavy atom. The van der Waals surface area contributed by atoms with Crippen LogP contribution < -0.4 is 9.39 Å². The molecule has 98 valence electrons. The Labute approximate surface area is 115 Å². The van der Waals surface area contributed by atoms with Crippen molar-refractivity contribution in [1.82, 2.24) is 0 Å². The van der Waals surface area contributed by atoms with E-state index in [4.69, 9.17) is 26.0 Å². The molecule has 0 aliphatic rings. The molecule has 2 rings (SSSR count). The molecule has 2 aromatic rings. The minimum atomic E-state index is -0.549. The second-order valence-electron chi connectivity index (χ2n) is 3.77. The van der Waals surface area contributed by atoms with Crippen molar-refractivity contribution in [1.29, 1.82) is 0 Å². The quantitative estimate of drug-likeness (QED) is 0.875. The summed E-state index contributed by atoms with van der Waals surface area (Å²) in [6.07, 6.45) is 0. The average Bonchev–Trinajstić information content (AvgIpc) is 2.39. The molecular weight excluding hydrogens is 269 g/mol. The van der Waals surface area contributed by atoms with E-state index in [0.717, 1.165) is 0 Å². The second-order valence-corrected chi connectivity index (χ2v) is 4.20. The van der Waals surface area contributed by atoms with Gasteiger partial charge < -0.3 is 14.4 Å². The van der Waals surface area contributed by atoms with E-state index in [1.54, 1.807) is 24.3 Å². The van der Waals surface area contributed by atoms with Crippen LogP contribution in [-0.2, 0) is 0 Å². The summed E-state index contributed by atoms with van der Waals surface area (Å²) in [5.74, 6) is 0.00483. The molecule has 0 spiro atoms. The first kappa shape index (κ1) is 13.7. The van der Waals surface area contributed by atoms with Gasteiger partial charge in [0, 0.05) is 16.7 Å². The molecule has 19 heavy (non-hydrogen) atoms. The Balaban J connectivity index is 2.52. The van der Waals surface area contributed by atoms with Crippen molar-refractivity contribution in [2.24, 2.45) is 0 Å². The van der Waals surface area contributed by atoms with E-state index in [9.17, 15) is 4.39 Å². The lowest BCUT2D eigenvalue weighted by molar-refractivity contribution is 0.380. The molecule has 0 bridgehead atoms. The fraction of sp³-hybridized carbons (Fsp3) is 0.0769. The number of halogens is 2. The monoisotopic (exact) mass is 280 g/mol. The van der Waals surface area contributed by atoms with Gasteiger partial charge in [-0.15, -0.1) is 0 Å². The third-order valence-electron chi connectivity index (χ3n) is 2.61. The van der Waals surface area contributed by atoms with E-state index in [1.807, 2.05) is 0 Å². The lowest BCUT2D eigenvalue weighted by atomic mass is 10.0. The smallest absolute Gasteiger partial charge is 0.504 e. The summed E-state index contributed by atoms with van der Waals surface area (Å²) < 4.78 is 24.0. The van der Waals surface area contributed by atoms with Gasteiger partial charge in [-0.1, -0.05) is 23.7 Å². The highest BCUT2D eigenvalue weighted by molar-refractivity contribution is 6.30. The van der Waals surface area contributed by atoms with Crippen LogP contribution in [0.4, 0.5) is 4.39 Å². The summed E-state index contributed by atoms with van der Waals surface area (Å²) in [5, 5.41) is 9.26. The summed E-state index contributed by atoms with van der Waals surface area (Å²) in [6.45, 7) is 0. The molecule has 6 heteroatoms. The maximum atomic E-state index is 14.0. The Bertz CT molecular complexity index is 592. The standard InChI is InChI=1S/C13H11BClFO3/c1-18-12-6-10(8-3-2-4-9(15)5-8)11(16)7-13(12)19-14-17/h2-7,14,17H,1H3. The number of ether oxygens (including phenoxy) is 1. The van der Waals surface area contributed by atoms with Gasteiger partial charge in [0.2, 0.25) is 0 Å². The lowest BCUT2D eigenvalue weighted by Crippen LogP contribution is -2.02. The Kier molecular flexibility index (Phi) is 4.29. The zero-order valence-electron chi connectivity index (χ0n) is 10.2. The second kappa shape index (κ2) is 5.95. The number of hydrogen-bond acceptors (Lipinski definition) is 3. The number of methoxy groups -OCH3 is 1. The molecule has 0 fully saturated rings. The molecule has 0 saturated heterocycles. The molecule has 0 heterocycles. The number of benzene rings is 2. The van der Waals surface area contributed by atoms with Gasteiger partial charge in [0.1, 0.15) is 11.6 Å². The molecule has 0 atom stereocenters. The third kappa shape index (κ3) is 3.00. The van der Waals surface area contributed by atoms with E-state index >= 15 is 0 Å². The summed E-state index contributed by atoms with van der Waals surface area (Å²) in [5.41, 5.74) is 0.989.